The average Bonchev–Trinajstić information content (AvgIpc) is 2.52. The van der Waals surface area contributed by atoms with Crippen molar-refractivity contribution in [3.63, 3.8) is 0 Å². The van der Waals surface area contributed by atoms with E-state index in [0.29, 0.717) is 11.3 Å². The van der Waals surface area contributed by atoms with Crippen molar-refractivity contribution in [2.24, 2.45) is 0 Å². The maximum Gasteiger partial charge on any atom is 0.318 e. The second-order valence-corrected chi connectivity index (χ2v) is 7.97. The van der Waals surface area contributed by atoms with Gasteiger partial charge in [-0.15, -0.1) is 0 Å². The molecule has 0 aromatic heterocycles. The molecule has 0 heterocycles. The van der Waals surface area contributed by atoms with E-state index in [9.17, 15) is 28.2 Å². The van der Waals surface area contributed by atoms with Crippen LogP contribution in [0.1, 0.15) is 25.0 Å². The zero-order valence-electron chi connectivity index (χ0n) is 12.9. The number of aliphatic hydroxyl groups is 2. The molecule has 4 N–H and O–H groups in total. The number of carbonyl (C=O) groups excluding carboxylic acids is 1. The number of benzene rings is 1. The predicted molar refractivity (Wildman–Crippen MR) is 88.0 cm³/mol. The summed E-state index contributed by atoms with van der Waals surface area (Å²) in [5.74, 6) is -0.948. The Labute approximate surface area is 143 Å². The smallest absolute Gasteiger partial charge is 0.318 e. The molecule has 1 aromatic rings. The van der Waals surface area contributed by atoms with Crippen LogP contribution in [-0.4, -0.2) is 53.2 Å². The van der Waals surface area contributed by atoms with Gasteiger partial charge in [-0.2, -0.15) is 4.72 Å². The Bertz CT molecular complexity index is 673. The fourth-order valence-electron chi connectivity index (χ4n) is 1.79. The summed E-state index contributed by atoms with van der Waals surface area (Å²) >= 11 is 1.04. The highest BCUT2D eigenvalue weighted by Crippen LogP contribution is 2.22. The molecule has 0 fully saturated rings. The van der Waals surface area contributed by atoms with Gasteiger partial charge in [0.1, 0.15) is 12.6 Å². The molecule has 2 unspecified atom stereocenters. The monoisotopic (exact) mass is 377 g/mol. The number of hydrogen-bond acceptors (Lipinski definition) is 7. The van der Waals surface area contributed by atoms with Gasteiger partial charge in [0.05, 0.1) is 11.0 Å². The van der Waals surface area contributed by atoms with E-state index < -0.39 is 34.7 Å². The number of rotatable bonds is 9. The SMILES string of the molecule is CC(=O)SCCC(O)C(O)c1ccc(S(=O)(=O)NCC(=O)O)cc1. The lowest BCUT2D eigenvalue weighted by Gasteiger charge is -2.18. The lowest BCUT2D eigenvalue weighted by molar-refractivity contribution is -0.135. The van der Waals surface area contributed by atoms with Crippen LogP contribution >= 0.6 is 11.8 Å². The number of nitrogens with one attached hydrogen (secondary N) is 1. The molecule has 0 aliphatic rings. The summed E-state index contributed by atoms with van der Waals surface area (Å²) in [4.78, 5) is 21.1. The third kappa shape index (κ3) is 6.57. The summed E-state index contributed by atoms with van der Waals surface area (Å²) in [6.07, 6.45) is -2.11. The number of sulfonamides is 1. The lowest BCUT2D eigenvalue weighted by atomic mass is 10.0. The molecule has 10 heteroatoms. The molecule has 0 saturated heterocycles. The molecule has 0 aliphatic heterocycles. The van der Waals surface area contributed by atoms with Crippen molar-refractivity contribution in [2.45, 2.75) is 30.4 Å². The first-order chi connectivity index (χ1) is 11.1. The molecular weight excluding hydrogens is 358 g/mol. The minimum atomic E-state index is -3.96. The topological polar surface area (TPSA) is 141 Å². The molecule has 8 nitrogen and oxygen atoms in total. The van der Waals surface area contributed by atoms with Gasteiger partial charge in [-0.3, -0.25) is 9.59 Å². The highest BCUT2D eigenvalue weighted by Gasteiger charge is 2.20. The highest BCUT2D eigenvalue weighted by molar-refractivity contribution is 8.13. The Morgan fingerprint density at radius 3 is 2.29 bits per heavy atom. The van der Waals surface area contributed by atoms with Crippen molar-refractivity contribution in [1.29, 1.82) is 0 Å². The standard InChI is InChI=1S/C14H19NO7S2/c1-9(16)23-7-6-12(17)14(20)10-2-4-11(5-3-10)24(21,22)15-8-13(18)19/h2-5,12,14-15,17,20H,6-8H2,1H3,(H,18,19). The largest absolute Gasteiger partial charge is 0.480 e. The number of aliphatic hydroxyl groups excluding tert-OH is 2. The third-order valence-corrected chi connectivity index (χ3v) is 5.29. The summed E-state index contributed by atoms with van der Waals surface area (Å²) in [6, 6.07) is 5.09. The summed E-state index contributed by atoms with van der Waals surface area (Å²) in [5.41, 5.74) is 0.313. The molecule has 0 bridgehead atoms. The number of hydrogen-bond donors (Lipinski definition) is 4. The quantitative estimate of drug-likeness (QED) is 0.475. The van der Waals surface area contributed by atoms with Crippen LogP contribution in [0.3, 0.4) is 0 Å². The number of carboxylic acid groups (broad SMARTS) is 1. The van der Waals surface area contributed by atoms with Crippen molar-refractivity contribution in [1.82, 2.24) is 4.72 Å². The van der Waals surface area contributed by atoms with E-state index in [2.05, 4.69) is 0 Å². The van der Waals surface area contributed by atoms with Crippen LogP contribution in [0.5, 0.6) is 0 Å². The number of aliphatic carboxylic acids is 1. The predicted octanol–water partition coefficient (Wildman–Crippen LogP) is 0.114. The molecule has 1 aromatic carbocycles. The Morgan fingerprint density at radius 2 is 1.79 bits per heavy atom. The van der Waals surface area contributed by atoms with Gasteiger partial charge in [0.2, 0.25) is 10.0 Å². The first-order valence-electron chi connectivity index (χ1n) is 6.94. The van der Waals surface area contributed by atoms with Gasteiger partial charge >= 0.3 is 5.97 Å². The molecule has 134 valence electrons. The van der Waals surface area contributed by atoms with Crippen molar-refractivity contribution >= 4 is 32.9 Å². The molecule has 24 heavy (non-hydrogen) atoms. The van der Waals surface area contributed by atoms with Crippen molar-refractivity contribution in [3.8, 4) is 0 Å². The molecule has 0 amide bonds. The van der Waals surface area contributed by atoms with E-state index >= 15 is 0 Å². The molecule has 0 spiro atoms. The average molecular weight is 377 g/mol. The Balaban J connectivity index is 2.72. The Hall–Kier alpha value is -1.46. The first kappa shape index (κ1) is 20.6. The fourth-order valence-corrected chi connectivity index (χ4v) is 3.41. The fraction of sp³-hybridized carbons (Fsp3) is 0.429. The van der Waals surface area contributed by atoms with E-state index in [4.69, 9.17) is 5.11 Å². The van der Waals surface area contributed by atoms with E-state index in [0.717, 1.165) is 11.8 Å². The van der Waals surface area contributed by atoms with E-state index in [1.807, 2.05) is 4.72 Å². The van der Waals surface area contributed by atoms with Crippen molar-refractivity contribution in [2.75, 3.05) is 12.3 Å². The van der Waals surface area contributed by atoms with Gasteiger partial charge in [0, 0.05) is 12.7 Å². The summed E-state index contributed by atoms with van der Waals surface area (Å²) in [6.45, 7) is 0.671. The Morgan fingerprint density at radius 1 is 1.21 bits per heavy atom. The zero-order valence-corrected chi connectivity index (χ0v) is 14.5. The van der Waals surface area contributed by atoms with Crippen molar-refractivity contribution in [3.05, 3.63) is 29.8 Å². The zero-order chi connectivity index (χ0) is 18.3. The number of carbonyl (C=O) groups is 2. The van der Waals surface area contributed by atoms with E-state index in [1.165, 1.54) is 31.2 Å². The van der Waals surface area contributed by atoms with Crippen LogP contribution in [0, 0.1) is 0 Å². The summed E-state index contributed by atoms with van der Waals surface area (Å²) < 4.78 is 25.6. The molecule has 0 aliphatic carbocycles. The minimum absolute atomic E-state index is 0.0832. The van der Waals surface area contributed by atoms with E-state index in [1.54, 1.807) is 0 Å². The second-order valence-electron chi connectivity index (χ2n) is 4.93. The third-order valence-electron chi connectivity index (χ3n) is 3.03. The summed E-state index contributed by atoms with van der Waals surface area (Å²) in [7, 11) is -3.96. The Kier molecular flexibility index (Phi) is 7.84. The van der Waals surface area contributed by atoms with Crippen LogP contribution in [0.25, 0.3) is 0 Å². The normalized spacial score (nSPS) is 14.1. The maximum atomic E-state index is 11.8. The van der Waals surface area contributed by atoms with Gasteiger partial charge in [-0.1, -0.05) is 23.9 Å². The number of carboxylic acids is 1. The molecular formula is C14H19NO7S2. The highest BCUT2D eigenvalue weighted by atomic mass is 32.2. The van der Waals surface area contributed by atoms with Gasteiger partial charge < -0.3 is 15.3 Å². The van der Waals surface area contributed by atoms with Crippen LogP contribution in [0.15, 0.2) is 29.2 Å². The van der Waals surface area contributed by atoms with Gasteiger partial charge in [-0.05, 0) is 24.1 Å². The van der Waals surface area contributed by atoms with Gasteiger partial charge in [0.15, 0.2) is 5.12 Å². The molecule has 2 atom stereocenters. The molecule has 0 saturated carbocycles. The van der Waals surface area contributed by atoms with Gasteiger partial charge in [-0.25, -0.2) is 8.42 Å². The van der Waals surface area contributed by atoms with Crippen LogP contribution in [0.2, 0.25) is 0 Å². The molecule has 1 rings (SSSR count). The maximum absolute atomic E-state index is 11.8. The van der Waals surface area contributed by atoms with E-state index in [-0.39, 0.29) is 16.4 Å². The lowest BCUT2D eigenvalue weighted by Crippen LogP contribution is -2.29. The minimum Gasteiger partial charge on any atom is -0.480 e. The van der Waals surface area contributed by atoms with Crippen LogP contribution in [0.4, 0.5) is 0 Å². The summed E-state index contributed by atoms with van der Waals surface area (Å²) in [5, 5.41) is 28.3. The van der Waals surface area contributed by atoms with Gasteiger partial charge in [0.25, 0.3) is 0 Å². The van der Waals surface area contributed by atoms with Crippen LogP contribution < -0.4 is 4.72 Å². The van der Waals surface area contributed by atoms with Crippen molar-refractivity contribution < 1.29 is 33.3 Å². The first-order valence-corrected chi connectivity index (χ1v) is 9.41. The second kappa shape index (κ2) is 9.14. The molecule has 0 radical (unpaired) electrons. The number of thioether (sulfide) groups is 1. The van der Waals surface area contributed by atoms with Crippen LogP contribution in [-0.2, 0) is 19.6 Å².